The zero-order valence-corrected chi connectivity index (χ0v) is 11.5. The predicted octanol–water partition coefficient (Wildman–Crippen LogP) is 1.41. The average molecular weight is 250 g/mol. The lowest BCUT2D eigenvalue weighted by Gasteiger charge is -2.24. The molecule has 0 radical (unpaired) electrons. The van der Waals surface area contributed by atoms with Crippen LogP contribution in [0.5, 0.6) is 0 Å². The van der Waals surface area contributed by atoms with Crippen molar-refractivity contribution in [3.8, 4) is 0 Å². The van der Waals surface area contributed by atoms with Gasteiger partial charge in [-0.05, 0) is 19.8 Å². The van der Waals surface area contributed by atoms with Gasteiger partial charge < -0.3 is 22.8 Å². The Hall–Kier alpha value is 0.0169. The van der Waals surface area contributed by atoms with Gasteiger partial charge in [-0.1, -0.05) is 0 Å². The molecule has 0 aromatic heterocycles. The van der Waals surface area contributed by atoms with Crippen LogP contribution >= 0.6 is 0 Å². The summed E-state index contributed by atoms with van der Waals surface area (Å²) in [5, 5.41) is 0. The van der Waals surface area contributed by atoms with Crippen molar-refractivity contribution in [1.29, 1.82) is 0 Å². The van der Waals surface area contributed by atoms with E-state index in [4.69, 9.17) is 22.8 Å². The molecule has 0 aliphatic carbocycles. The molecule has 16 heavy (non-hydrogen) atoms. The summed E-state index contributed by atoms with van der Waals surface area (Å²) in [6.45, 7) is 2.72. The standard InChI is InChI=1S/C10H22O5Si/c1-9-10(15-9)14-7-5-6-8-16(11-2,12-3)13-4/h9-10H,5-8H2,1-4H3. The molecule has 0 amide bonds. The molecule has 96 valence electrons. The minimum Gasteiger partial charge on any atom is -0.377 e. The maximum Gasteiger partial charge on any atom is 0.500 e. The van der Waals surface area contributed by atoms with Crippen molar-refractivity contribution in [1.82, 2.24) is 0 Å². The van der Waals surface area contributed by atoms with Gasteiger partial charge >= 0.3 is 8.80 Å². The monoisotopic (exact) mass is 250 g/mol. The first-order chi connectivity index (χ1) is 7.67. The van der Waals surface area contributed by atoms with E-state index in [0.717, 1.165) is 25.5 Å². The van der Waals surface area contributed by atoms with E-state index < -0.39 is 8.80 Å². The molecule has 2 atom stereocenters. The van der Waals surface area contributed by atoms with Crippen molar-refractivity contribution >= 4 is 8.80 Å². The highest BCUT2D eigenvalue weighted by atomic mass is 28.4. The molecular weight excluding hydrogens is 228 g/mol. The van der Waals surface area contributed by atoms with Crippen LogP contribution in [0.4, 0.5) is 0 Å². The first-order valence-corrected chi connectivity index (χ1v) is 7.53. The van der Waals surface area contributed by atoms with Crippen LogP contribution in [0.3, 0.4) is 0 Å². The van der Waals surface area contributed by atoms with Gasteiger partial charge in [-0.15, -0.1) is 0 Å². The Bertz CT molecular complexity index is 189. The molecular formula is C10H22O5Si. The number of hydrogen-bond donors (Lipinski definition) is 0. The minimum absolute atomic E-state index is 0.0225. The van der Waals surface area contributed by atoms with Crippen molar-refractivity contribution < 1.29 is 22.8 Å². The van der Waals surface area contributed by atoms with E-state index in [1.807, 2.05) is 6.92 Å². The fraction of sp³-hybridized carbons (Fsp3) is 1.00. The fourth-order valence-corrected chi connectivity index (χ4v) is 3.34. The summed E-state index contributed by atoms with van der Waals surface area (Å²) in [5.74, 6) is 0. The highest BCUT2D eigenvalue weighted by molar-refractivity contribution is 6.60. The summed E-state index contributed by atoms with van der Waals surface area (Å²) in [4.78, 5) is 0. The molecule has 0 saturated carbocycles. The van der Waals surface area contributed by atoms with E-state index in [2.05, 4.69) is 0 Å². The minimum atomic E-state index is -2.38. The second kappa shape index (κ2) is 6.68. The molecule has 0 aromatic rings. The zero-order valence-electron chi connectivity index (χ0n) is 10.5. The van der Waals surface area contributed by atoms with E-state index in [1.54, 1.807) is 21.3 Å². The summed E-state index contributed by atoms with van der Waals surface area (Å²) in [7, 11) is 2.52. The normalized spacial score (nSPS) is 24.8. The first kappa shape index (κ1) is 14.1. The summed E-state index contributed by atoms with van der Waals surface area (Å²) in [5.41, 5.74) is 0. The van der Waals surface area contributed by atoms with Gasteiger partial charge in [0.05, 0.1) is 0 Å². The molecule has 0 bridgehead atoms. The van der Waals surface area contributed by atoms with E-state index in [-0.39, 0.29) is 12.4 Å². The van der Waals surface area contributed by atoms with E-state index in [0.29, 0.717) is 0 Å². The van der Waals surface area contributed by atoms with Crippen molar-refractivity contribution in [3.63, 3.8) is 0 Å². The maximum absolute atomic E-state index is 5.45. The van der Waals surface area contributed by atoms with Gasteiger partial charge in [0.25, 0.3) is 0 Å². The van der Waals surface area contributed by atoms with E-state index in [9.17, 15) is 0 Å². The highest BCUT2D eigenvalue weighted by Crippen LogP contribution is 2.22. The smallest absolute Gasteiger partial charge is 0.377 e. The predicted molar refractivity (Wildman–Crippen MR) is 61.1 cm³/mol. The second-order valence-corrected chi connectivity index (χ2v) is 6.92. The van der Waals surface area contributed by atoms with Crippen molar-refractivity contribution in [3.05, 3.63) is 0 Å². The second-order valence-electron chi connectivity index (χ2n) is 3.83. The summed E-state index contributed by atoms with van der Waals surface area (Å²) < 4.78 is 26.6. The summed E-state index contributed by atoms with van der Waals surface area (Å²) in [6, 6.07) is 0.820. The molecule has 1 aliphatic rings. The Kier molecular flexibility index (Phi) is 5.88. The van der Waals surface area contributed by atoms with Gasteiger partial charge in [-0.25, -0.2) is 0 Å². The van der Waals surface area contributed by atoms with Crippen LogP contribution in [0.15, 0.2) is 0 Å². The van der Waals surface area contributed by atoms with Gasteiger partial charge in [-0.3, -0.25) is 0 Å². The first-order valence-electron chi connectivity index (χ1n) is 5.60. The molecule has 2 unspecified atom stereocenters. The largest absolute Gasteiger partial charge is 0.500 e. The van der Waals surface area contributed by atoms with Crippen LogP contribution in [-0.4, -0.2) is 49.1 Å². The quantitative estimate of drug-likeness (QED) is 0.352. The van der Waals surface area contributed by atoms with E-state index >= 15 is 0 Å². The molecule has 5 nitrogen and oxygen atoms in total. The zero-order chi connectivity index (χ0) is 12.0. The maximum atomic E-state index is 5.45. The lowest BCUT2D eigenvalue weighted by atomic mass is 10.3. The van der Waals surface area contributed by atoms with Crippen LogP contribution in [0, 0.1) is 0 Å². The number of rotatable bonds is 9. The Morgan fingerprint density at radius 2 is 1.62 bits per heavy atom. The van der Waals surface area contributed by atoms with Crippen LogP contribution in [0.25, 0.3) is 0 Å². The lowest BCUT2D eigenvalue weighted by Crippen LogP contribution is -2.42. The molecule has 0 spiro atoms. The molecule has 1 heterocycles. The Morgan fingerprint density at radius 1 is 1.06 bits per heavy atom. The number of epoxide rings is 1. The summed E-state index contributed by atoms with van der Waals surface area (Å²) in [6.07, 6.45) is 2.24. The molecule has 1 aliphatic heterocycles. The molecule has 0 N–H and O–H groups in total. The third-order valence-electron chi connectivity index (χ3n) is 2.75. The van der Waals surface area contributed by atoms with Gasteiger partial charge in [0.2, 0.25) is 0 Å². The van der Waals surface area contributed by atoms with Gasteiger partial charge in [0.1, 0.15) is 6.10 Å². The lowest BCUT2D eigenvalue weighted by molar-refractivity contribution is 0.0476. The van der Waals surface area contributed by atoms with Crippen molar-refractivity contribution in [2.24, 2.45) is 0 Å². The Morgan fingerprint density at radius 3 is 2.06 bits per heavy atom. The number of unbranched alkanes of at least 4 members (excludes halogenated alkanes) is 1. The summed E-state index contributed by atoms with van der Waals surface area (Å²) >= 11 is 0. The van der Waals surface area contributed by atoms with E-state index in [1.165, 1.54) is 0 Å². The van der Waals surface area contributed by atoms with Crippen LogP contribution in [0.2, 0.25) is 6.04 Å². The molecule has 6 heteroatoms. The SMILES string of the molecule is CO[Si](CCCCOC1OC1C)(OC)OC. The van der Waals surface area contributed by atoms with Crippen LogP contribution in [0.1, 0.15) is 19.8 Å². The molecule has 0 aromatic carbocycles. The fourth-order valence-electron chi connectivity index (χ4n) is 1.54. The third kappa shape index (κ3) is 4.12. The van der Waals surface area contributed by atoms with Gasteiger partial charge in [-0.2, -0.15) is 0 Å². The molecule has 1 rings (SSSR count). The number of ether oxygens (including phenoxy) is 2. The Labute approximate surface area is 98.3 Å². The topological polar surface area (TPSA) is 49.5 Å². The average Bonchev–Trinajstić information content (AvgIpc) is 3.01. The van der Waals surface area contributed by atoms with Crippen molar-refractivity contribution in [2.75, 3.05) is 27.9 Å². The highest BCUT2D eigenvalue weighted by Gasteiger charge is 2.37. The van der Waals surface area contributed by atoms with Crippen molar-refractivity contribution in [2.45, 2.75) is 38.2 Å². The van der Waals surface area contributed by atoms with Gasteiger partial charge in [0, 0.05) is 34.0 Å². The van der Waals surface area contributed by atoms with Gasteiger partial charge in [0.15, 0.2) is 6.29 Å². The molecule has 1 saturated heterocycles. The molecule has 1 fully saturated rings. The van der Waals surface area contributed by atoms with Crippen LogP contribution in [-0.2, 0) is 22.8 Å². The third-order valence-corrected chi connectivity index (χ3v) is 5.58. The van der Waals surface area contributed by atoms with Crippen LogP contribution < -0.4 is 0 Å². The Balaban J connectivity index is 2.04. The number of hydrogen-bond acceptors (Lipinski definition) is 5.